The smallest absolute Gasteiger partial charge is 0.269 e. The summed E-state index contributed by atoms with van der Waals surface area (Å²) < 4.78 is 15.6. The lowest BCUT2D eigenvalue weighted by atomic mass is 10.1. The maximum absolute atomic E-state index is 12.3. The SMILES string of the molecule is COc1cc(C(=O)NNC(=O)C=Cc2ccccc2Cl)cc(OC)c1OC. The largest absolute Gasteiger partial charge is 0.493 e. The van der Waals surface area contributed by atoms with Gasteiger partial charge in [-0.3, -0.25) is 20.4 Å². The number of nitrogens with one attached hydrogen (secondary N) is 2. The van der Waals surface area contributed by atoms with E-state index in [1.165, 1.54) is 39.5 Å². The summed E-state index contributed by atoms with van der Waals surface area (Å²) in [4.78, 5) is 24.2. The van der Waals surface area contributed by atoms with Crippen molar-refractivity contribution in [3.05, 3.63) is 58.6 Å². The van der Waals surface area contributed by atoms with Gasteiger partial charge in [-0.05, 0) is 29.8 Å². The summed E-state index contributed by atoms with van der Waals surface area (Å²) in [5.41, 5.74) is 5.52. The van der Waals surface area contributed by atoms with Crippen molar-refractivity contribution in [3.63, 3.8) is 0 Å². The average molecular weight is 391 g/mol. The molecule has 0 atom stereocenters. The lowest BCUT2D eigenvalue weighted by Crippen LogP contribution is -2.40. The molecule has 0 aliphatic rings. The van der Waals surface area contributed by atoms with Crippen LogP contribution in [0.15, 0.2) is 42.5 Å². The maximum Gasteiger partial charge on any atom is 0.269 e. The van der Waals surface area contributed by atoms with Crippen molar-refractivity contribution < 1.29 is 23.8 Å². The molecule has 0 saturated heterocycles. The number of ether oxygens (including phenoxy) is 3. The number of amides is 2. The molecular formula is C19H19ClN2O5. The molecule has 142 valence electrons. The summed E-state index contributed by atoms with van der Waals surface area (Å²) in [6.07, 6.45) is 2.81. The van der Waals surface area contributed by atoms with Crippen LogP contribution in [0.3, 0.4) is 0 Å². The van der Waals surface area contributed by atoms with Crippen molar-refractivity contribution in [2.24, 2.45) is 0 Å². The average Bonchev–Trinajstić information content (AvgIpc) is 2.70. The summed E-state index contributed by atoms with van der Waals surface area (Å²) in [5, 5.41) is 0.517. The van der Waals surface area contributed by atoms with Gasteiger partial charge in [0.1, 0.15) is 0 Å². The van der Waals surface area contributed by atoms with Crippen molar-refractivity contribution in [3.8, 4) is 17.2 Å². The van der Waals surface area contributed by atoms with Crippen LogP contribution in [-0.4, -0.2) is 33.1 Å². The van der Waals surface area contributed by atoms with Crippen molar-refractivity contribution in [1.82, 2.24) is 10.9 Å². The Morgan fingerprint density at radius 1 is 0.963 bits per heavy atom. The van der Waals surface area contributed by atoms with Gasteiger partial charge in [0.2, 0.25) is 5.75 Å². The minimum atomic E-state index is -0.547. The lowest BCUT2D eigenvalue weighted by Gasteiger charge is -2.14. The van der Waals surface area contributed by atoms with E-state index in [1.807, 2.05) is 0 Å². The molecule has 0 fully saturated rings. The second-order valence-corrected chi connectivity index (χ2v) is 5.62. The van der Waals surface area contributed by atoms with Crippen molar-refractivity contribution in [2.75, 3.05) is 21.3 Å². The number of halogens is 1. The molecule has 0 aromatic heterocycles. The quantitative estimate of drug-likeness (QED) is 0.585. The molecule has 2 amide bonds. The number of methoxy groups -OCH3 is 3. The van der Waals surface area contributed by atoms with Gasteiger partial charge < -0.3 is 14.2 Å². The van der Waals surface area contributed by atoms with Crippen LogP contribution in [0.2, 0.25) is 5.02 Å². The molecule has 0 saturated carbocycles. The fourth-order valence-electron chi connectivity index (χ4n) is 2.22. The first-order valence-electron chi connectivity index (χ1n) is 7.83. The van der Waals surface area contributed by atoms with Crippen LogP contribution in [0.4, 0.5) is 0 Å². The highest BCUT2D eigenvalue weighted by Gasteiger charge is 2.17. The molecule has 27 heavy (non-hydrogen) atoms. The molecule has 0 spiro atoms. The third-order valence-corrected chi connectivity index (χ3v) is 3.89. The molecule has 0 heterocycles. The first kappa shape index (κ1) is 20.1. The summed E-state index contributed by atoms with van der Waals surface area (Å²) in [6.45, 7) is 0. The predicted octanol–water partition coefficient (Wildman–Crippen LogP) is 2.84. The molecule has 2 rings (SSSR count). The van der Waals surface area contributed by atoms with Gasteiger partial charge in [0.15, 0.2) is 11.5 Å². The third-order valence-electron chi connectivity index (χ3n) is 3.55. The van der Waals surface area contributed by atoms with Gasteiger partial charge in [-0.15, -0.1) is 0 Å². The summed E-state index contributed by atoms with van der Waals surface area (Å²) in [6, 6.07) is 10.0. The Balaban J connectivity index is 2.05. The first-order chi connectivity index (χ1) is 13.0. The normalized spacial score (nSPS) is 10.4. The third kappa shape index (κ3) is 5.15. The van der Waals surface area contributed by atoms with Gasteiger partial charge >= 0.3 is 0 Å². The molecule has 8 heteroatoms. The molecule has 7 nitrogen and oxygen atoms in total. The molecule has 0 radical (unpaired) electrons. The van der Waals surface area contributed by atoms with Gasteiger partial charge in [0.25, 0.3) is 11.8 Å². The zero-order valence-corrected chi connectivity index (χ0v) is 15.8. The van der Waals surface area contributed by atoms with Crippen molar-refractivity contribution in [1.29, 1.82) is 0 Å². The van der Waals surface area contributed by atoms with Gasteiger partial charge in [0, 0.05) is 16.7 Å². The molecule has 2 aromatic rings. The van der Waals surface area contributed by atoms with Crippen LogP contribution in [-0.2, 0) is 4.79 Å². The van der Waals surface area contributed by atoms with Crippen molar-refractivity contribution in [2.45, 2.75) is 0 Å². The number of hydrazine groups is 1. The van der Waals surface area contributed by atoms with E-state index in [0.717, 1.165) is 0 Å². The Kier molecular flexibility index (Phi) is 7.08. The van der Waals surface area contributed by atoms with Gasteiger partial charge in [-0.25, -0.2) is 0 Å². The van der Waals surface area contributed by atoms with Crippen LogP contribution in [0.5, 0.6) is 17.2 Å². The number of hydrogen-bond acceptors (Lipinski definition) is 5. The number of carbonyl (C=O) groups is 2. The van der Waals surface area contributed by atoms with Crippen molar-refractivity contribution >= 4 is 29.5 Å². The molecule has 2 N–H and O–H groups in total. The Labute approximate surface area is 161 Å². The Morgan fingerprint density at radius 3 is 2.15 bits per heavy atom. The van der Waals surface area contributed by atoms with Crippen LogP contribution in [0, 0.1) is 0 Å². The highest BCUT2D eigenvalue weighted by atomic mass is 35.5. The second-order valence-electron chi connectivity index (χ2n) is 5.21. The van der Waals surface area contributed by atoms with E-state index in [2.05, 4.69) is 10.9 Å². The van der Waals surface area contributed by atoms with Gasteiger partial charge in [-0.2, -0.15) is 0 Å². The van der Waals surface area contributed by atoms with E-state index in [0.29, 0.717) is 27.8 Å². The number of carbonyl (C=O) groups excluding carboxylic acids is 2. The molecule has 0 aliphatic heterocycles. The van der Waals surface area contributed by atoms with Crippen LogP contribution >= 0.6 is 11.6 Å². The van der Waals surface area contributed by atoms with E-state index < -0.39 is 11.8 Å². The summed E-state index contributed by atoms with van der Waals surface area (Å²) >= 11 is 6.01. The molecule has 0 bridgehead atoms. The van der Waals surface area contributed by atoms with Gasteiger partial charge in [-0.1, -0.05) is 29.8 Å². The Hall–Kier alpha value is -3.19. The number of rotatable bonds is 6. The summed E-state index contributed by atoms with van der Waals surface area (Å²) in [5.74, 6) is -0.0494. The predicted molar refractivity (Wildman–Crippen MR) is 102 cm³/mol. The van der Waals surface area contributed by atoms with E-state index in [1.54, 1.807) is 30.3 Å². The molecule has 0 aliphatic carbocycles. The molecule has 2 aromatic carbocycles. The molecular weight excluding hydrogens is 372 g/mol. The minimum absolute atomic E-state index is 0.222. The highest BCUT2D eigenvalue weighted by Crippen LogP contribution is 2.38. The molecule has 0 unspecified atom stereocenters. The first-order valence-corrected chi connectivity index (χ1v) is 8.21. The van der Waals surface area contributed by atoms with E-state index in [4.69, 9.17) is 25.8 Å². The van der Waals surface area contributed by atoms with Crippen LogP contribution in [0.25, 0.3) is 6.08 Å². The fraction of sp³-hybridized carbons (Fsp3) is 0.158. The fourth-order valence-corrected chi connectivity index (χ4v) is 2.42. The monoisotopic (exact) mass is 390 g/mol. The van der Waals surface area contributed by atoms with E-state index >= 15 is 0 Å². The van der Waals surface area contributed by atoms with Gasteiger partial charge in [0.05, 0.1) is 21.3 Å². The van der Waals surface area contributed by atoms with Crippen LogP contribution < -0.4 is 25.1 Å². The van der Waals surface area contributed by atoms with E-state index in [-0.39, 0.29) is 5.56 Å². The topological polar surface area (TPSA) is 85.9 Å². The summed E-state index contributed by atoms with van der Waals surface area (Å²) in [7, 11) is 4.35. The maximum atomic E-state index is 12.3. The minimum Gasteiger partial charge on any atom is -0.493 e. The van der Waals surface area contributed by atoms with Crippen LogP contribution in [0.1, 0.15) is 15.9 Å². The van der Waals surface area contributed by atoms with E-state index in [9.17, 15) is 9.59 Å². The Bertz CT molecular complexity index is 842. The zero-order valence-electron chi connectivity index (χ0n) is 15.0. The zero-order chi connectivity index (χ0) is 19.8. The standard InChI is InChI=1S/C19H19ClN2O5/c1-25-15-10-13(11-16(26-2)18(15)27-3)19(24)22-21-17(23)9-8-12-6-4-5-7-14(12)20/h4-11H,1-3H3,(H,21,23)(H,22,24). The Morgan fingerprint density at radius 2 is 1.59 bits per heavy atom. The number of benzene rings is 2. The highest BCUT2D eigenvalue weighted by molar-refractivity contribution is 6.32. The number of hydrogen-bond donors (Lipinski definition) is 2. The lowest BCUT2D eigenvalue weighted by molar-refractivity contribution is -0.117. The second kappa shape index (κ2) is 9.49.